The zero-order valence-electron chi connectivity index (χ0n) is 11.6. The molecule has 0 aromatic heterocycles. The number of hydrogen-bond acceptors (Lipinski definition) is 3. The van der Waals surface area contributed by atoms with Gasteiger partial charge < -0.3 is 15.2 Å². The molecule has 0 unspecified atom stereocenters. The Balaban J connectivity index is 2.94. The average Bonchev–Trinajstić information content (AvgIpc) is 2.37. The first-order chi connectivity index (χ1) is 9.35. The molecular weight excluding hydrogens is 282 g/mol. The van der Waals surface area contributed by atoms with Gasteiger partial charge in [0.15, 0.2) is 0 Å². The summed E-state index contributed by atoms with van der Waals surface area (Å²) in [4.78, 5) is 23.3. The van der Waals surface area contributed by atoms with Crippen molar-refractivity contribution in [2.75, 3.05) is 7.11 Å². The first kappa shape index (κ1) is 16.3. The molecule has 2 N–H and O–H groups in total. The molecule has 0 spiro atoms. The number of nitrogens with one attached hydrogen (secondary N) is 1. The zero-order chi connectivity index (χ0) is 15.3. The van der Waals surface area contributed by atoms with Crippen molar-refractivity contribution < 1.29 is 19.4 Å². The van der Waals surface area contributed by atoms with Gasteiger partial charge in [0.2, 0.25) is 0 Å². The summed E-state index contributed by atoms with van der Waals surface area (Å²) in [6, 6.07) is 3.67. The molecule has 1 atom stereocenters. The summed E-state index contributed by atoms with van der Waals surface area (Å²) in [6.45, 7) is 3.78. The number of carbonyl (C=O) groups excluding carboxylic acids is 1. The molecule has 0 radical (unpaired) electrons. The number of carboxylic acids is 1. The van der Waals surface area contributed by atoms with E-state index in [0.717, 1.165) is 0 Å². The topological polar surface area (TPSA) is 75.6 Å². The Morgan fingerprint density at radius 1 is 1.40 bits per heavy atom. The Hall–Kier alpha value is -1.75. The van der Waals surface area contributed by atoms with Crippen LogP contribution in [-0.2, 0) is 4.79 Å². The number of methoxy groups -OCH3 is 1. The summed E-state index contributed by atoms with van der Waals surface area (Å²) >= 11 is 5.85. The summed E-state index contributed by atoms with van der Waals surface area (Å²) < 4.78 is 5.08. The van der Waals surface area contributed by atoms with Gasteiger partial charge in [0.1, 0.15) is 11.8 Å². The number of benzene rings is 1. The maximum Gasteiger partial charge on any atom is 0.326 e. The lowest BCUT2D eigenvalue weighted by Crippen LogP contribution is -2.41. The molecular formula is C14H18ClNO4. The maximum atomic E-state index is 12.2. The van der Waals surface area contributed by atoms with Gasteiger partial charge in [-0.2, -0.15) is 0 Å². The average molecular weight is 300 g/mol. The van der Waals surface area contributed by atoms with E-state index < -0.39 is 17.9 Å². The molecule has 0 aliphatic carbocycles. The zero-order valence-corrected chi connectivity index (χ0v) is 12.4. The van der Waals surface area contributed by atoms with Crippen molar-refractivity contribution in [3.8, 4) is 5.75 Å². The molecule has 1 amide bonds. The lowest BCUT2D eigenvalue weighted by atomic mass is 10.0. The summed E-state index contributed by atoms with van der Waals surface area (Å²) in [5.74, 6) is -1.08. The van der Waals surface area contributed by atoms with Crippen LogP contribution in [0.5, 0.6) is 5.75 Å². The first-order valence-corrected chi connectivity index (χ1v) is 6.60. The van der Waals surface area contributed by atoms with Crippen molar-refractivity contribution >= 4 is 23.5 Å². The van der Waals surface area contributed by atoms with Crippen molar-refractivity contribution in [1.29, 1.82) is 0 Å². The van der Waals surface area contributed by atoms with Crippen molar-refractivity contribution in [3.05, 3.63) is 28.8 Å². The van der Waals surface area contributed by atoms with Gasteiger partial charge in [-0.25, -0.2) is 4.79 Å². The van der Waals surface area contributed by atoms with E-state index in [1.165, 1.54) is 13.2 Å². The summed E-state index contributed by atoms with van der Waals surface area (Å²) in [5.41, 5.74) is 0.218. The molecule has 1 rings (SSSR count). The van der Waals surface area contributed by atoms with Gasteiger partial charge in [-0.15, -0.1) is 0 Å². The van der Waals surface area contributed by atoms with Gasteiger partial charge in [-0.3, -0.25) is 4.79 Å². The summed E-state index contributed by atoms with van der Waals surface area (Å²) in [6.07, 6.45) is 0.351. The Morgan fingerprint density at radius 3 is 2.55 bits per heavy atom. The van der Waals surface area contributed by atoms with Crippen molar-refractivity contribution in [1.82, 2.24) is 5.32 Å². The van der Waals surface area contributed by atoms with E-state index in [9.17, 15) is 9.59 Å². The van der Waals surface area contributed by atoms with Gasteiger partial charge in [-0.05, 0) is 30.5 Å². The molecule has 0 aliphatic rings. The molecule has 110 valence electrons. The number of amides is 1. The predicted octanol–water partition coefficient (Wildman–Crippen LogP) is 2.58. The van der Waals surface area contributed by atoms with Crippen LogP contribution in [0.3, 0.4) is 0 Å². The fourth-order valence-electron chi connectivity index (χ4n) is 1.79. The Bertz CT molecular complexity index is 502. The maximum absolute atomic E-state index is 12.2. The van der Waals surface area contributed by atoms with E-state index in [4.69, 9.17) is 21.4 Å². The van der Waals surface area contributed by atoms with Crippen LogP contribution in [0.4, 0.5) is 0 Å². The Labute approximate surface area is 122 Å². The molecule has 0 saturated heterocycles. The third-order valence-electron chi connectivity index (χ3n) is 2.72. The predicted molar refractivity (Wildman–Crippen MR) is 76.3 cm³/mol. The second-order valence-corrected chi connectivity index (χ2v) is 5.27. The third kappa shape index (κ3) is 4.42. The number of halogens is 1. The number of carbonyl (C=O) groups is 2. The van der Waals surface area contributed by atoms with E-state index in [2.05, 4.69) is 5.32 Å². The van der Waals surface area contributed by atoms with Crippen LogP contribution < -0.4 is 10.1 Å². The molecule has 0 fully saturated rings. The highest BCUT2D eigenvalue weighted by Gasteiger charge is 2.23. The van der Waals surface area contributed by atoms with Crippen molar-refractivity contribution in [2.45, 2.75) is 26.3 Å². The van der Waals surface area contributed by atoms with Gasteiger partial charge in [0.05, 0.1) is 12.7 Å². The van der Waals surface area contributed by atoms with Crippen LogP contribution in [0.2, 0.25) is 5.02 Å². The highest BCUT2D eigenvalue weighted by molar-refractivity contribution is 6.31. The largest absolute Gasteiger partial charge is 0.496 e. The highest BCUT2D eigenvalue weighted by atomic mass is 35.5. The van der Waals surface area contributed by atoms with Crippen LogP contribution in [-0.4, -0.2) is 30.1 Å². The standard InChI is InChI=1S/C14H18ClNO4/c1-8(2)6-11(14(18)19)16-13(17)10-7-9(15)4-5-12(10)20-3/h4-5,7-8,11H,6H2,1-3H3,(H,16,17)(H,18,19)/t11-/m0/s1. The van der Waals surface area contributed by atoms with E-state index in [0.29, 0.717) is 17.2 Å². The number of hydrogen-bond donors (Lipinski definition) is 2. The van der Waals surface area contributed by atoms with Crippen molar-refractivity contribution in [3.63, 3.8) is 0 Å². The van der Waals surface area contributed by atoms with Gasteiger partial charge in [0.25, 0.3) is 5.91 Å². The second-order valence-electron chi connectivity index (χ2n) is 4.84. The monoisotopic (exact) mass is 299 g/mol. The van der Waals surface area contributed by atoms with E-state index >= 15 is 0 Å². The summed E-state index contributed by atoms with van der Waals surface area (Å²) in [7, 11) is 1.43. The normalized spacial score (nSPS) is 12.1. The minimum atomic E-state index is -1.06. The van der Waals surface area contributed by atoms with Crippen LogP contribution in [0, 0.1) is 5.92 Å². The molecule has 0 heterocycles. The molecule has 5 nitrogen and oxygen atoms in total. The molecule has 0 saturated carbocycles. The van der Waals surface area contributed by atoms with E-state index in [1.807, 2.05) is 13.8 Å². The minimum absolute atomic E-state index is 0.151. The Morgan fingerprint density at radius 2 is 2.05 bits per heavy atom. The fourth-order valence-corrected chi connectivity index (χ4v) is 1.96. The molecule has 6 heteroatoms. The highest BCUT2D eigenvalue weighted by Crippen LogP contribution is 2.22. The van der Waals surface area contributed by atoms with Crippen LogP contribution in [0.1, 0.15) is 30.6 Å². The lowest BCUT2D eigenvalue weighted by Gasteiger charge is -2.17. The molecule has 1 aromatic rings. The minimum Gasteiger partial charge on any atom is -0.496 e. The molecule has 20 heavy (non-hydrogen) atoms. The van der Waals surface area contributed by atoms with Gasteiger partial charge in [0, 0.05) is 5.02 Å². The van der Waals surface area contributed by atoms with Gasteiger partial charge in [-0.1, -0.05) is 25.4 Å². The van der Waals surface area contributed by atoms with E-state index in [1.54, 1.807) is 12.1 Å². The molecule has 0 aliphatic heterocycles. The molecule has 1 aromatic carbocycles. The van der Waals surface area contributed by atoms with Crippen LogP contribution in [0.25, 0.3) is 0 Å². The summed E-state index contributed by atoms with van der Waals surface area (Å²) in [5, 5.41) is 12.0. The molecule has 0 bridgehead atoms. The van der Waals surface area contributed by atoms with E-state index in [-0.39, 0.29) is 11.5 Å². The SMILES string of the molecule is COc1ccc(Cl)cc1C(=O)N[C@@H](CC(C)C)C(=O)O. The van der Waals surface area contributed by atoms with Crippen LogP contribution in [0.15, 0.2) is 18.2 Å². The number of aliphatic carboxylic acids is 1. The third-order valence-corrected chi connectivity index (χ3v) is 2.95. The van der Waals surface area contributed by atoms with Gasteiger partial charge >= 0.3 is 5.97 Å². The number of carboxylic acid groups (broad SMARTS) is 1. The lowest BCUT2D eigenvalue weighted by molar-refractivity contribution is -0.139. The second kappa shape index (κ2) is 7.14. The fraction of sp³-hybridized carbons (Fsp3) is 0.429. The number of ether oxygens (including phenoxy) is 1. The van der Waals surface area contributed by atoms with Crippen molar-refractivity contribution in [2.24, 2.45) is 5.92 Å². The smallest absolute Gasteiger partial charge is 0.326 e. The van der Waals surface area contributed by atoms with Crippen LogP contribution >= 0.6 is 11.6 Å². The quantitative estimate of drug-likeness (QED) is 0.846. The first-order valence-electron chi connectivity index (χ1n) is 6.22. The number of rotatable bonds is 6. The Kier molecular flexibility index (Phi) is 5.82.